The normalized spacial score (nSPS) is 23.1. The number of nitrogens with one attached hydrogen (secondary N) is 1. The number of imide groups is 1. The third-order valence-electron chi connectivity index (χ3n) is 4.97. The van der Waals surface area contributed by atoms with Crippen LogP contribution in [0.5, 0.6) is 0 Å². The Morgan fingerprint density at radius 3 is 2.28 bits per heavy atom. The summed E-state index contributed by atoms with van der Waals surface area (Å²) in [6, 6.07) is 0. The lowest BCUT2D eigenvalue weighted by atomic mass is 9.82. The Labute approximate surface area is 147 Å². The zero-order valence-corrected chi connectivity index (χ0v) is 14.4. The molecule has 1 aliphatic carbocycles. The molecule has 0 bridgehead atoms. The van der Waals surface area contributed by atoms with Gasteiger partial charge in [0.2, 0.25) is 5.91 Å². The molecule has 1 fully saturated rings. The molecule has 7 nitrogen and oxygen atoms in total. The van der Waals surface area contributed by atoms with E-state index in [1.807, 2.05) is 0 Å². The Balaban J connectivity index is 1.50. The van der Waals surface area contributed by atoms with Gasteiger partial charge in [0.1, 0.15) is 0 Å². The molecule has 2 aliphatic rings. The van der Waals surface area contributed by atoms with Crippen molar-refractivity contribution in [2.45, 2.75) is 51.4 Å². The Bertz CT molecular complexity index is 532. The minimum Gasteiger partial charge on any atom is -0.481 e. The number of amides is 3. The van der Waals surface area contributed by atoms with Crippen molar-refractivity contribution in [2.75, 3.05) is 13.1 Å². The zero-order chi connectivity index (χ0) is 18.2. The Hall–Kier alpha value is -2.18. The number of unbranched alkanes of at least 4 members (excludes halogenated alkanes) is 2. The molecule has 0 aromatic rings. The summed E-state index contributed by atoms with van der Waals surface area (Å²) < 4.78 is 0. The molecule has 0 saturated heterocycles. The van der Waals surface area contributed by atoms with Gasteiger partial charge in [-0.1, -0.05) is 6.42 Å². The summed E-state index contributed by atoms with van der Waals surface area (Å²) in [5, 5.41) is 11.9. The highest BCUT2D eigenvalue weighted by molar-refractivity contribution is 6.12. The van der Waals surface area contributed by atoms with Gasteiger partial charge in [0, 0.05) is 31.7 Å². The monoisotopic (exact) mass is 350 g/mol. The highest BCUT2D eigenvalue weighted by atomic mass is 16.4. The highest BCUT2D eigenvalue weighted by Gasteiger charge is 2.26. The smallest absolute Gasteiger partial charge is 0.306 e. The molecular weight excluding hydrogens is 324 g/mol. The predicted octanol–water partition coefficient (Wildman–Crippen LogP) is 1.48. The van der Waals surface area contributed by atoms with Crippen LogP contribution in [0.4, 0.5) is 0 Å². The van der Waals surface area contributed by atoms with Crippen LogP contribution in [0.3, 0.4) is 0 Å². The third-order valence-corrected chi connectivity index (χ3v) is 4.97. The van der Waals surface area contributed by atoms with Crippen LogP contribution in [0, 0.1) is 11.8 Å². The van der Waals surface area contributed by atoms with Gasteiger partial charge in [-0.3, -0.25) is 24.1 Å². The molecule has 0 spiro atoms. The maximum atomic E-state index is 11.8. The summed E-state index contributed by atoms with van der Waals surface area (Å²) >= 11 is 0. The molecule has 2 rings (SSSR count). The second-order valence-electron chi connectivity index (χ2n) is 6.83. The fourth-order valence-corrected chi connectivity index (χ4v) is 3.34. The van der Waals surface area contributed by atoms with E-state index in [0.717, 1.165) is 25.7 Å². The molecule has 7 heteroatoms. The molecule has 0 unspecified atom stereocenters. The van der Waals surface area contributed by atoms with E-state index in [4.69, 9.17) is 5.11 Å². The highest BCUT2D eigenvalue weighted by Crippen LogP contribution is 2.28. The lowest BCUT2D eigenvalue weighted by Gasteiger charge is -2.26. The molecule has 1 saturated carbocycles. The van der Waals surface area contributed by atoms with Crippen LogP contribution in [0.1, 0.15) is 51.4 Å². The first-order chi connectivity index (χ1) is 12.0. The minimum absolute atomic E-state index is 0.00958. The molecule has 25 heavy (non-hydrogen) atoms. The van der Waals surface area contributed by atoms with Gasteiger partial charge in [-0.15, -0.1) is 0 Å². The molecule has 1 aliphatic heterocycles. The SMILES string of the molecule is O=C(CCCCCN1C(=O)C=CC1=O)NCC1CCC(C(=O)O)CC1. The van der Waals surface area contributed by atoms with Crippen molar-refractivity contribution in [3.8, 4) is 0 Å². The fraction of sp³-hybridized carbons (Fsp3) is 0.667. The van der Waals surface area contributed by atoms with Crippen LogP contribution < -0.4 is 5.32 Å². The Morgan fingerprint density at radius 2 is 1.68 bits per heavy atom. The number of rotatable bonds is 9. The average Bonchev–Trinajstić information content (AvgIpc) is 2.91. The standard InChI is InChI=1S/C18H26N2O5/c21-15(19-12-13-5-7-14(8-6-13)18(24)25)4-2-1-3-11-20-16(22)9-10-17(20)23/h9-10,13-14H,1-8,11-12H2,(H,19,21)(H,24,25). The number of carboxylic acid groups (broad SMARTS) is 1. The Kier molecular flexibility index (Phi) is 7.16. The van der Waals surface area contributed by atoms with Crippen LogP contribution in [-0.2, 0) is 19.2 Å². The van der Waals surface area contributed by atoms with E-state index >= 15 is 0 Å². The summed E-state index contributed by atoms with van der Waals surface area (Å²) in [6.45, 7) is 1.02. The van der Waals surface area contributed by atoms with Gasteiger partial charge < -0.3 is 10.4 Å². The van der Waals surface area contributed by atoms with Gasteiger partial charge >= 0.3 is 5.97 Å². The van der Waals surface area contributed by atoms with Crippen molar-refractivity contribution in [1.82, 2.24) is 10.2 Å². The Morgan fingerprint density at radius 1 is 1.04 bits per heavy atom. The van der Waals surface area contributed by atoms with Crippen molar-refractivity contribution >= 4 is 23.7 Å². The third kappa shape index (κ3) is 5.99. The van der Waals surface area contributed by atoms with E-state index in [-0.39, 0.29) is 23.6 Å². The molecular formula is C18H26N2O5. The van der Waals surface area contributed by atoms with Crippen LogP contribution in [0.25, 0.3) is 0 Å². The number of carboxylic acids is 1. The number of nitrogens with zero attached hydrogens (tertiary/aromatic N) is 1. The maximum absolute atomic E-state index is 11.8. The van der Waals surface area contributed by atoms with Gasteiger partial charge in [-0.05, 0) is 44.4 Å². The topological polar surface area (TPSA) is 104 Å². The van der Waals surface area contributed by atoms with Crippen molar-refractivity contribution in [3.63, 3.8) is 0 Å². The van der Waals surface area contributed by atoms with Crippen LogP contribution in [-0.4, -0.2) is 46.8 Å². The fourth-order valence-electron chi connectivity index (χ4n) is 3.34. The second kappa shape index (κ2) is 9.34. The van der Waals surface area contributed by atoms with Gasteiger partial charge in [0.15, 0.2) is 0 Å². The summed E-state index contributed by atoms with van der Waals surface area (Å²) in [4.78, 5) is 46.7. The van der Waals surface area contributed by atoms with E-state index in [0.29, 0.717) is 44.7 Å². The summed E-state index contributed by atoms with van der Waals surface area (Å²) in [5.74, 6) is -1.08. The zero-order valence-electron chi connectivity index (χ0n) is 14.4. The van der Waals surface area contributed by atoms with Gasteiger partial charge in [-0.25, -0.2) is 0 Å². The van der Waals surface area contributed by atoms with Gasteiger partial charge in [0.05, 0.1) is 5.92 Å². The summed E-state index contributed by atoms with van der Waals surface area (Å²) in [6.07, 6.45) is 8.29. The molecule has 3 amide bonds. The number of hydrogen-bond donors (Lipinski definition) is 2. The molecule has 2 N–H and O–H groups in total. The summed E-state index contributed by atoms with van der Waals surface area (Å²) in [7, 11) is 0. The predicted molar refractivity (Wildman–Crippen MR) is 90.4 cm³/mol. The van der Waals surface area contributed by atoms with Crippen molar-refractivity contribution in [3.05, 3.63) is 12.2 Å². The lowest BCUT2D eigenvalue weighted by molar-refractivity contribution is -0.143. The molecule has 1 heterocycles. The number of hydrogen-bond acceptors (Lipinski definition) is 4. The number of carbonyl (C=O) groups is 4. The molecule has 0 atom stereocenters. The van der Waals surface area contributed by atoms with Gasteiger partial charge in [0.25, 0.3) is 11.8 Å². The largest absolute Gasteiger partial charge is 0.481 e. The van der Waals surface area contributed by atoms with Crippen LogP contribution >= 0.6 is 0 Å². The van der Waals surface area contributed by atoms with Crippen LogP contribution in [0.15, 0.2) is 12.2 Å². The molecule has 138 valence electrons. The van der Waals surface area contributed by atoms with Crippen molar-refractivity contribution in [1.29, 1.82) is 0 Å². The first-order valence-electron chi connectivity index (χ1n) is 9.00. The van der Waals surface area contributed by atoms with Crippen molar-refractivity contribution in [2.24, 2.45) is 11.8 Å². The lowest BCUT2D eigenvalue weighted by Crippen LogP contribution is -2.32. The average molecular weight is 350 g/mol. The van der Waals surface area contributed by atoms with E-state index in [2.05, 4.69) is 5.32 Å². The van der Waals surface area contributed by atoms with Crippen molar-refractivity contribution < 1.29 is 24.3 Å². The quantitative estimate of drug-likeness (QED) is 0.484. The first-order valence-corrected chi connectivity index (χ1v) is 9.00. The maximum Gasteiger partial charge on any atom is 0.306 e. The van der Waals surface area contributed by atoms with E-state index in [1.54, 1.807) is 0 Å². The van der Waals surface area contributed by atoms with E-state index < -0.39 is 5.97 Å². The molecule has 0 radical (unpaired) electrons. The minimum atomic E-state index is -0.712. The van der Waals surface area contributed by atoms with Gasteiger partial charge in [-0.2, -0.15) is 0 Å². The molecule has 0 aromatic heterocycles. The van der Waals surface area contributed by atoms with Crippen LogP contribution in [0.2, 0.25) is 0 Å². The van der Waals surface area contributed by atoms with E-state index in [9.17, 15) is 19.2 Å². The molecule has 0 aromatic carbocycles. The second-order valence-corrected chi connectivity index (χ2v) is 6.83. The van der Waals surface area contributed by atoms with E-state index in [1.165, 1.54) is 17.1 Å². The number of aliphatic carboxylic acids is 1. The summed E-state index contributed by atoms with van der Waals surface area (Å²) in [5.41, 5.74) is 0. The number of carbonyl (C=O) groups excluding carboxylic acids is 3. The first kappa shape index (κ1) is 19.1.